The van der Waals surface area contributed by atoms with Gasteiger partial charge in [0.25, 0.3) is 15.9 Å². The van der Waals surface area contributed by atoms with Gasteiger partial charge in [0.2, 0.25) is 0 Å². The third-order valence-electron chi connectivity index (χ3n) is 5.67. The van der Waals surface area contributed by atoms with E-state index in [1.807, 2.05) is 31.2 Å². The van der Waals surface area contributed by atoms with Crippen molar-refractivity contribution in [1.29, 1.82) is 0 Å². The van der Waals surface area contributed by atoms with E-state index in [-0.39, 0.29) is 20.9 Å². The van der Waals surface area contributed by atoms with Gasteiger partial charge in [-0.15, -0.1) is 0 Å². The van der Waals surface area contributed by atoms with Crippen LogP contribution in [0.15, 0.2) is 47.4 Å². The number of carboxylic acids is 1. The van der Waals surface area contributed by atoms with Gasteiger partial charge in [-0.25, -0.2) is 13.2 Å². The molecule has 40 heavy (non-hydrogen) atoms. The molecule has 3 rings (SSSR count). The lowest BCUT2D eigenvalue weighted by molar-refractivity contribution is -0.149. The molecule has 2 N–H and O–H groups in total. The highest BCUT2D eigenvalue weighted by atomic mass is 35.5. The zero-order chi connectivity index (χ0) is 29.8. The van der Waals surface area contributed by atoms with Crippen molar-refractivity contribution in [2.24, 2.45) is 0 Å². The molecule has 1 unspecified atom stereocenters. The van der Waals surface area contributed by atoms with Crippen LogP contribution in [-0.4, -0.2) is 60.1 Å². The summed E-state index contributed by atoms with van der Waals surface area (Å²) in [6.07, 6.45) is -1.77. The molecule has 1 atom stereocenters. The summed E-state index contributed by atoms with van der Waals surface area (Å²) in [6, 6.07) is 11.0. The number of halogens is 1. The second kappa shape index (κ2) is 12.1. The third kappa shape index (κ3) is 7.42. The van der Waals surface area contributed by atoms with Gasteiger partial charge in [0.15, 0.2) is 6.73 Å². The molecule has 0 aromatic heterocycles. The molecule has 12 nitrogen and oxygen atoms in total. The molecule has 0 bridgehead atoms. The number of amides is 2. The van der Waals surface area contributed by atoms with Crippen LogP contribution in [0.25, 0.3) is 0 Å². The lowest BCUT2D eigenvalue weighted by Gasteiger charge is -2.27. The molecule has 0 fully saturated rings. The second-order valence-electron chi connectivity index (χ2n) is 10.0. The zero-order valence-corrected chi connectivity index (χ0v) is 23.9. The van der Waals surface area contributed by atoms with Gasteiger partial charge in [-0.05, 0) is 63.9 Å². The van der Waals surface area contributed by atoms with E-state index >= 15 is 0 Å². The summed E-state index contributed by atoms with van der Waals surface area (Å²) in [5.41, 5.74) is 3.45. The van der Waals surface area contributed by atoms with Crippen LogP contribution in [0.1, 0.15) is 56.5 Å². The summed E-state index contributed by atoms with van der Waals surface area (Å²) in [5, 5.41) is 10.1. The number of sulfonamides is 1. The Balaban J connectivity index is 1.90. The Morgan fingerprint density at radius 1 is 1.12 bits per heavy atom. The molecule has 0 spiro atoms. The number of carbonyl (C=O) groups excluding carboxylic acids is 3. The number of rotatable bonds is 9. The Labute approximate surface area is 236 Å². The zero-order valence-electron chi connectivity index (χ0n) is 22.3. The Kier molecular flexibility index (Phi) is 9.31. The molecule has 2 aromatic rings. The maximum Gasteiger partial charge on any atom is 0.427 e. The van der Waals surface area contributed by atoms with Crippen molar-refractivity contribution in [3.8, 4) is 0 Å². The van der Waals surface area contributed by atoms with Gasteiger partial charge in [-0.3, -0.25) is 24.8 Å². The maximum atomic E-state index is 13.6. The number of carbonyl (C=O) groups is 4. The fourth-order valence-corrected chi connectivity index (χ4v) is 5.48. The normalized spacial score (nSPS) is 14.7. The maximum absolute atomic E-state index is 13.6. The predicted octanol–water partition coefficient (Wildman–Crippen LogP) is 3.73. The Bertz CT molecular complexity index is 1420. The summed E-state index contributed by atoms with van der Waals surface area (Å²) < 4.78 is 37.4. The van der Waals surface area contributed by atoms with Crippen LogP contribution in [0.3, 0.4) is 0 Å². The number of anilines is 1. The quantitative estimate of drug-likeness (QED) is 0.323. The van der Waals surface area contributed by atoms with E-state index in [1.54, 1.807) is 5.01 Å². The lowest BCUT2D eigenvalue weighted by atomic mass is 10.1. The molecule has 0 radical (unpaired) electrons. The van der Waals surface area contributed by atoms with Crippen LogP contribution in [-0.2, 0) is 35.5 Å². The van der Waals surface area contributed by atoms with E-state index in [9.17, 15) is 27.6 Å². The average Bonchev–Trinajstić information content (AvgIpc) is 3.16. The van der Waals surface area contributed by atoms with Gasteiger partial charge in [0.05, 0.1) is 29.6 Å². The van der Waals surface area contributed by atoms with Crippen LogP contribution in [0.5, 0.6) is 0 Å². The minimum Gasteiger partial charge on any atom is -0.481 e. The Hall–Kier alpha value is -3.84. The van der Waals surface area contributed by atoms with E-state index in [2.05, 4.69) is 5.43 Å². The van der Waals surface area contributed by atoms with Crippen LogP contribution in [0, 0.1) is 0 Å². The fraction of sp³-hybridized carbons (Fsp3) is 0.385. The molecular weight excluding hydrogens is 566 g/mol. The average molecular weight is 596 g/mol. The number of ether oxygens (including phenoxy) is 2. The van der Waals surface area contributed by atoms with Gasteiger partial charge in [0, 0.05) is 5.56 Å². The summed E-state index contributed by atoms with van der Waals surface area (Å²) in [6.45, 7) is 5.33. The van der Waals surface area contributed by atoms with E-state index in [4.69, 9.17) is 26.2 Å². The van der Waals surface area contributed by atoms with Crippen molar-refractivity contribution < 1.29 is 42.2 Å². The van der Waals surface area contributed by atoms with Gasteiger partial charge in [-0.2, -0.15) is 4.31 Å². The topological polar surface area (TPSA) is 160 Å². The van der Waals surface area contributed by atoms with Crippen LogP contribution in [0.4, 0.5) is 10.5 Å². The van der Waals surface area contributed by atoms with Crippen molar-refractivity contribution in [3.05, 3.63) is 58.6 Å². The molecule has 1 aliphatic rings. The first kappa shape index (κ1) is 30.7. The van der Waals surface area contributed by atoms with E-state index in [0.717, 1.165) is 17.3 Å². The molecule has 0 saturated heterocycles. The van der Waals surface area contributed by atoms with Gasteiger partial charge in [0.1, 0.15) is 10.5 Å². The number of esters is 1. The highest BCUT2D eigenvalue weighted by Crippen LogP contribution is 2.31. The number of hydrogen-bond acceptors (Lipinski definition) is 9. The SMILES string of the molecule is CC1Cc2ccccc2N1NC(=O)c1ccc(Cl)c(S(=O)(=O)N(COC(=O)CCC(=O)O)C(=O)OC(C)(C)C)c1. The number of nitrogens with one attached hydrogen (secondary N) is 1. The minimum absolute atomic E-state index is 0.0599. The van der Waals surface area contributed by atoms with Crippen molar-refractivity contribution in [2.75, 3.05) is 11.7 Å². The predicted molar refractivity (Wildman–Crippen MR) is 144 cm³/mol. The smallest absolute Gasteiger partial charge is 0.427 e. The van der Waals surface area contributed by atoms with Crippen LogP contribution < -0.4 is 10.4 Å². The van der Waals surface area contributed by atoms with Gasteiger partial charge in [-0.1, -0.05) is 29.8 Å². The highest BCUT2D eigenvalue weighted by molar-refractivity contribution is 7.89. The molecular formula is C26H30ClN3O9S. The molecule has 2 aromatic carbocycles. The van der Waals surface area contributed by atoms with Crippen molar-refractivity contribution in [1.82, 2.24) is 9.73 Å². The Morgan fingerprint density at radius 2 is 1.80 bits per heavy atom. The number of aliphatic carboxylic acids is 1. The number of hydrogen-bond donors (Lipinski definition) is 2. The lowest BCUT2D eigenvalue weighted by Crippen LogP contribution is -2.45. The molecule has 2 amide bonds. The molecule has 0 saturated carbocycles. The largest absolute Gasteiger partial charge is 0.481 e. The van der Waals surface area contributed by atoms with Crippen LogP contribution in [0.2, 0.25) is 5.02 Å². The third-order valence-corrected chi connectivity index (χ3v) is 7.84. The highest BCUT2D eigenvalue weighted by Gasteiger charge is 2.36. The number of benzene rings is 2. The van der Waals surface area contributed by atoms with E-state index in [1.165, 1.54) is 32.9 Å². The number of carboxylic acid groups (broad SMARTS) is 1. The van der Waals surface area contributed by atoms with Gasteiger partial charge < -0.3 is 14.6 Å². The molecule has 1 heterocycles. The van der Waals surface area contributed by atoms with E-state index in [0.29, 0.717) is 6.42 Å². The number of fused-ring (bicyclic) bond motifs is 1. The van der Waals surface area contributed by atoms with E-state index < -0.39 is 64.0 Å². The van der Waals surface area contributed by atoms with Crippen molar-refractivity contribution >= 4 is 51.3 Å². The summed E-state index contributed by atoms with van der Waals surface area (Å²) in [4.78, 5) is 48.1. The fourth-order valence-electron chi connectivity index (χ4n) is 3.82. The van der Waals surface area contributed by atoms with Gasteiger partial charge >= 0.3 is 18.0 Å². The summed E-state index contributed by atoms with van der Waals surface area (Å²) in [7, 11) is -4.83. The summed E-state index contributed by atoms with van der Waals surface area (Å²) in [5.74, 6) is -2.94. The number of para-hydroxylation sites is 1. The molecule has 216 valence electrons. The van der Waals surface area contributed by atoms with Crippen LogP contribution >= 0.6 is 11.6 Å². The summed E-state index contributed by atoms with van der Waals surface area (Å²) >= 11 is 6.20. The number of hydrazine groups is 1. The standard InChI is InChI=1S/C26H30ClN3O9S/c1-16-13-17-7-5-6-8-20(17)30(16)28-24(34)18-9-10-19(27)21(14-18)40(36,37)29(25(35)39-26(2,3)4)15-38-23(33)12-11-22(31)32/h5-10,14,16H,11-13,15H2,1-4H3,(H,28,34)(H,31,32). The van der Waals surface area contributed by atoms with Crippen molar-refractivity contribution in [2.45, 2.75) is 63.5 Å². The second-order valence-corrected chi connectivity index (χ2v) is 12.2. The monoisotopic (exact) mass is 595 g/mol. The number of nitrogens with zero attached hydrogens (tertiary/aromatic N) is 2. The first-order valence-electron chi connectivity index (χ1n) is 12.2. The first-order chi connectivity index (χ1) is 18.6. The molecule has 1 aliphatic heterocycles. The molecule has 0 aliphatic carbocycles. The first-order valence-corrected chi connectivity index (χ1v) is 14.0. The van der Waals surface area contributed by atoms with Crippen molar-refractivity contribution in [3.63, 3.8) is 0 Å². The Morgan fingerprint density at radius 3 is 2.45 bits per heavy atom. The molecule has 14 heteroatoms. The minimum atomic E-state index is -4.83.